The average molecular weight is 542 g/mol. The molecule has 0 bridgehead atoms. The van der Waals surface area contributed by atoms with E-state index < -0.39 is 21.6 Å². The maximum absolute atomic E-state index is 14.5. The predicted octanol–water partition coefficient (Wildman–Crippen LogP) is 4.09. The number of sulfone groups is 1. The van der Waals surface area contributed by atoms with Gasteiger partial charge in [-0.05, 0) is 42.0 Å². The molecule has 4 aromatic rings. The molecule has 0 saturated carbocycles. The Kier molecular flexibility index (Phi) is 8.59. The molecular weight excluding hydrogens is 513 g/mol. The number of ether oxygens (including phenoxy) is 2. The number of hydrogen-bond acceptors (Lipinski definition) is 7. The van der Waals surface area contributed by atoms with Crippen LogP contribution in [0, 0.1) is 5.82 Å². The molecule has 0 N–H and O–H groups in total. The Morgan fingerprint density at radius 1 is 1.08 bits per heavy atom. The molecule has 38 heavy (non-hydrogen) atoms. The van der Waals surface area contributed by atoms with E-state index in [0.717, 1.165) is 0 Å². The van der Waals surface area contributed by atoms with E-state index in [4.69, 9.17) is 13.9 Å². The monoisotopic (exact) mass is 541 g/mol. The van der Waals surface area contributed by atoms with E-state index in [1.54, 1.807) is 42.5 Å². The molecule has 1 amide bonds. The van der Waals surface area contributed by atoms with Crippen LogP contribution in [0.2, 0.25) is 0 Å². The van der Waals surface area contributed by atoms with Crippen LogP contribution in [0.25, 0.3) is 0 Å². The summed E-state index contributed by atoms with van der Waals surface area (Å²) in [5.41, 5.74) is 0.886. The van der Waals surface area contributed by atoms with Gasteiger partial charge in [0.2, 0.25) is 15.0 Å². The first-order valence-corrected chi connectivity index (χ1v) is 13.4. The second-order valence-corrected chi connectivity index (χ2v) is 10.4. The normalized spacial score (nSPS) is 11.4. The van der Waals surface area contributed by atoms with Gasteiger partial charge in [0.25, 0.3) is 5.91 Å². The maximum Gasteiger partial charge on any atom is 0.257 e. The van der Waals surface area contributed by atoms with Gasteiger partial charge >= 0.3 is 0 Å². The van der Waals surface area contributed by atoms with Crippen LogP contribution >= 0.6 is 0 Å². The fraction of sp³-hybridized carbons (Fsp3) is 0.259. The summed E-state index contributed by atoms with van der Waals surface area (Å²) in [5, 5.41) is -0.149. The van der Waals surface area contributed by atoms with Crippen molar-refractivity contribution in [2.45, 2.75) is 30.5 Å². The fourth-order valence-electron chi connectivity index (χ4n) is 4.03. The zero-order valence-electron chi connectivity index (χ0n) is 21.0. The van der Waals surface area contributed by atoms with Crippen LogP contribution in [0.3, 0.4) is 0 Å². The van der Waals surface area contributed by atoms with E-state index in [2.05, 4.69) is 4.98 Å². The summed E-state index contributed by atoms with van der Waals surface area (Å²) in [5.74, 6) is -0.487. The number of carbonyl (C=O) groups excluding carboxylic acids is 1. The summed E-state index contributed by atoms with van der Waals surface area (Å²) >= 11 is 0. The van der Waals surface area contributed by atoms with Crippen LogP contribution in [-0.2, 0) is 40.0 Å². The number of hydrogen-bond donors (Lipinski definition) is 0. The molecule has 2 heterocycles. The van der Waals surface area contributed by atoms with Crippen LogP contribution in [-0.4, -0.2) is 49.6 Å². The molecule has 0 atom stereocenters. The van der Waals surface area contributed by atoms with Crippen molar-refractivity contribution in [3.8, 4) is 5.75 Å². The number of imidazole rings is 1. The second-order valence-electron chi connectivity index (χ2n) is 8.51. The third kappa shape index (κ3) is 6.29. The van der Waals surface area contributed by atoms with Gasteiger partial charge in [-0.2, -0.15) is 0 Å². The van der Waals surface area contributed by atoms with Gasteiger partial charge in [0, 0.05) is 13.7 Å². The molecule has 11 heteroatoms. The van der Waals surface area contributed by atoms with Gasteiger partial charge in [-0.15, -0.1) is 0 Å². The Hall–Kier alpha value is -3.96. The third-order valence-corrected chi connectivity index (χ3v) is 7.46. The summed E-state index contributed by atoms with van der Waals surface area (Å²) in [6.45, 7) is 0.395. The van der Waals surface area contributed by atoms with E-state index in [1.165, 1.54) is 54.3 Å². The van der Waals surface area contributed by atoms with E-state index in [0.29, 0.717) is 22.8 Å². The Morgan fingerprint density at radius 3 is 2.61 bits per heavy atom. The van der Waals surface area contributed by atoms with Crippen LogP contribution in [0.15, 0.2) is 82.7 Å². The molecule has 9 nitrogen and oxygen atoms in total. The minimum absolute atomic E-state index is 0.0424. The zero-order chi connectivity index (χ0) is 27.1. The SMILES string of the molecule is COCCn1c(CN(Cc2ccco2)C(=O)c2ccccc2F)cnc1S(=O)(=O)Cc1cccc(OC)c1. The molecule has 0 saturated heterocycles. The van der Waals surface area contributed by atoms with Crippen molar-refractivity contribution in [1.29, 1.82) is 0 Å². The Labute approximate surface area is 220 Å². The molecular formula is C27H28FN3O6S. The highest BCUT2D eigenvalue weighted by Crippen LogP contribution is 2.23. The first-order chi connectivity index (χ1) is 18.3. The summed E-state index contributed by atoms with van der Waals surface area (Å²) < 4.78 is 58.7. The number of amides is 1. The van der Waals surface area contributed by atoms with Gasteiger partial charge in [0.05, 0.1) is 56.3 Å². The minimum Gasteiger partial charge on any atom is -0.497 e. The van der Waals surface area contributed by atoms with Gasteiger partial charge in [-0.1, -0.05) is 24.3 Å². The minimum atomic E-state index is -3.88. The van der Waals surface area contributed by atoms with Crippen LogP contribution < -0.4 is 4.74 Å². The van der Waals surface area contributed by atoms with Crippen molar-refractivity contribution in [3.63, 3.8) is 0 Å². The standard InChI is InChI=1S/C27H28FN3O6S/c1-35-14-12-31-21(16-29-27(31)38(33,34)19-20-7-5-8-22(15-20)36-2)17-30(18-23-9-6-13-37-23)26(32)24-10-3-4-11-25(24)28/h3-11,13,15-16H,12,14,17-19H2,1-2H3. The van der Waals surface area contributed by atoms with Gasteiger partial charge in [0.15, 0.2) is 0 Å². The van der Waals surface area contributed by atoms with Crippen LogP contribution in [0.1, 0.15) is 27.4 Å². The third-order valence-electron chi connectivity index (χ3n) is 5.86. The maximum atomic E-state index is 14.5. The van der Waals surface area contributed by atoms with Crippen molar-refractivity contribution in [2.24, 2.45) is 0 Å². The van der Waals surface area contributed by atoms with E-state index in [1.807, 2.05) is 0 Å². The van der Waals surface area contributed by atoms with Gasteiger partial charge in [0.1, 0.15) is 17.3 Å². The second kappa shape index (κ2) is 12.1. The molecule has 0 radical (unpaired) electrons. The number of furan rings is 1. The lowest BCUT2D eigenvalue weighted by Crippen LogP contribution is -2.32. The highest BCUT2D eigenvalue weighted by atomic mass is 32.2. The van der Waals surface area contributed by atoms with Crippen molar-refractivity contribution >= 4 is 15.7 Å². The van der Waals surface area contributed by atoms with Gasteiger partial charge in [-0.3, -0.25) is 4.79 Å². The molecule has 0 spiro atoms. The van der Waals surface area contributed by atoms with E-state index in [9.17, 15) is 17.6 Å². The highest BCUT2D eigenvalue weighted by molar-refractivity contribution is 7.90. The summed E-state index contributed by atoms with van der Waals surface area (Å²) in [6.07, 6.45) is 2.89. The zero-order valence-corrected chi connectivity index (χ0v) is 21.9. The summed E-state index contributed by atoms with van der Waals surface area (Å²) in [6, 6.07) is 15.9. The summed E-state index contributed by atoms with van der Waals surface area (Å²) in [7, 11) is -0.870. The number of halogens is 1. The molecule has 2 aromatic carbocycles. The average Bonchev–Trinajstić information content (AvgIpc) is 3.57. The number of carbonyl (C=O) groups is 1. The Morgan fingerprint density at radius 2 is 1.89 bits per heavy atom. The van der Waals surface area contributed by atoms with Crippen LogP contribution in [0.4, 0.5) is 4.39 Å². The number of rotatable bonds is 12. The van der Waals surface area contributed by atoms with Crippen molar-refractivity contribution < 1.29 is 31.5 Å². The number of aromatic nitrogens is 2. The lowest BCUT2D eigenvalue weighted by molar-refractivity contribution is 0.0707. The molecule has 200 valence electrons. The van der Waals surface area contributed by atoms with E-state index in [-0.39, 0.29) is 42.7 Å². The lowest BCUT2D eigenvalue weighted by Gasteiger charge is -2.23. The largest absolute Gasteiger partial charge is 0.497 e. The molecule has 0 fully saturated rings. The molecule has 0 unspecified atom stereocenters. The van der Waals surface area contributed by atoms with Gasteiger partial charge < -0.3 is 23.4 Å². The van der Waals surface area contributed by atoms with E-state index >= 15 is 0 Å². The van der Waals surface area contributed by atoms with Crippen molar-refractivity contribution in [3.05, 3.63) is 102 Å². The number of benzene rings is 2. The molecule has 4 rings (SSSR count). The quantitative estimate of drug-likeness (QED) is 0.266. The number of methoxy groups -OCH3 is 2. The topological polar surface area (TPSA) is 104 Å². The van der Waals surface area contributed by atoms with Crippen molar-refractivity contribution in [1.82, 2.24) is 14.5 Å². The number of nitrogens with zero attached hydrogens (tertiary/aromatic N) is 3. The first kappa shape index (κ1) is 27.1. The highest BCUT2D eigenvalue weighted by Gasteiger charge is 2.27. The fourth-order valence-corrected chi connectivity index (χ4v) is 5.53. The van der Waals surface area contributed by atoms with Gasteiger partial charge in [-0.25, -0.2) is 17.8 Å². The Bertz CT molecular complexity index is 1480. The smallest absolute Gasteiger partial charge is 0.257 e. The summed E-state index contributed by atoms with van der Waals surface area (Å²) in [4.78, 5) is 19.0. The van der Waals surface area contributed by atoms with Crippen molar-refractivity contribution in [2.75, 3.05) is 20.8 Å². The molecule has 0 aliphatic carbocycles. The lowest BCUT2D eigenvalue weighted by atomic mass is 10.1. The molecule has 2 aromatic heterocycles. The predicted molar refractivity (Wildman–Crippen MR) is 137 cm³/mol. The molecule has 0 aliphatic heterocycles. The first-order valence-electron chi connectivity index (χ1n) is 11.8. The molecule has 0 aliphatic rings. The van der Waals surface area contributed by atoms with Crippen LogP contribution in [0.5, 0.6) is 5.75 Å². The Balaban J connectivity index is 1.68.